The Balaban J connectivity index is 1.72. The average molecular weight is 313 g/mol. The van der Waals surface area contributed by atoms with Crippen molar-refractivity contribution in [2.24, 2.45) is 5.10 Å². The quantitative estimate of drug-likeness (QED) is 0.659. The zero-order valence-electron chi connectivity index (χ0n) is 12.2. The molecule has 0 unspecified atom stereocenters. The van der Waals surface area contributed by atoms with E-state index in [4.69, 9.17) is 14.2 Å². The Morgan fingerprint density at radius 3 is 2.78 bits per heavy atom. The number of ether oxygens (including phenoxy) is 3. The number of nitrogens with one attached hydrogen (secondary N) is 1. The van der Waals surface area contributed by atoms with Gasteiger partial charge >= 0.3 is 0 Å². The number of anilines is 1. The first-order valence-corrected chi connectivity index (χ1v) is 6.75. The fourth-order valence-electron chi connectivity index (χ4n) is 2.09. The van der Waals surface area contributed by atoms with E-state index in [9.17, 15) is 9.90 Å². The molecule has 0 amide bonds. The number of hydrazone groups is 1. The molecular weight excluding hydrogens is 300 g/mol. The van der Waals surface area contributed by atoms with Gasteiger partial charge in [-0.1, -0.05) is 12.1 Å². The van der Waals surface area contributed by atoms with Gasteiger partial charge in [-0.3, -0.25) is 5.43 Å². The number of hydrogen-bond donors (Lipinski definition) is 1. The van der Waals surface area contributed by atoms with Crippen molar-refractivity contribution in [3.8, 4) is 17.2 Å². The van der Waals surface area contributed by atoms with Gasteiger partial charge in [0.05, 0.1) is 25.0 Å². The lowest BCUT2D eigenvalue weighted by Crippen LogP contribution is -2.21. The highest BCUT2D eigenvalue weighted by atomic mass is 16.7. The second-order valence-corrected chi connectivity index (χ2v) is 4.69. The van der Waals surface area contributed by atoms with E-state index < -0.39 is 5.97 Å². The van der Waals surface area contributed by atoms with Gasteiger partial charge in [0, 0.05) is 5.56 Å². The number of carboxylic acids is 1. The molecule has 0 saturated heterocycles. The van der Waals surface area contributed by atoms with Gasteiger partial charge in [-0.2, -0.15) is 5.10 Å². The van der Waals surface area contributed by atoms with Crippen molar-refractivity contribution in [1.82, 2.24) is 0 Å². The normalized spacial score (nSPS) is 12.4. The van der Waals surface area contributed by atoms with Crippen LogP contribution >= 0.6 is 0 Å². The first-order chi connectivity index (χ1) is 11.2. The predicted molar refractivity (Wildman–Crippen MR) is 81.1 cm³/mol. The summed E-state index contributed by atoms with van der Waals surface area (Å²) in [7, 11) is 1.55. The molecule has 0 aromatic heterocycles. The summed E-state index contributed by atoms with van der Waals surface area (Å²) in [6, 6.07) is 9.64. The SMILES string of the molecule is COc1cc(/C=N\Nc2ccc(C(=O)[O-])cc2)cc2c1OCO2. The molecule has 0 saturated carbocycles. The summed E-state index contributed by atoms with van der Waals surface area (Å²) in [6.45, 7) is 0.162. The van der Waals surface area contributed by atoms with E-state index in [2.05, 4.69) is 10.5 Å². The van der Waals surface area contributed by atoms with Crippen LogP contribution in [0.3, 0.4) is 0 Å². The van der Waals surface area contributed by atoms with Gasteiger partial charge in [-0.15, -0.1) is 0 Å². The minimum absolute atomic E-state index is 0.111. The number of nitrogens with zero attached hydrogens (tertiary/aromatic N) is 1. The minimum atomic E-state index is -1.22. The summed E-state index contributed by atoms with van der Waals surface area (Å²) in [5.41, 5.74) is 4.34. The summed E-state index contributed by atoms with van der Waals surface area (Å²) in [6.07, 6.45) is 1.59. The third-order valence-corrected chi connectivity index (χ3v) is 3.21. The molecule has 7 nitrogen and oxygen atoms in total. The van der Waals surface area contributed by atoms with E-state index in [-0.39, 0.29) is 12.4 Å². The fraction of sp³-hybridized carbons (Fsp3) is 0.125. The first kappa shape index (κ1) is 14.7. The van der Waals surface area contributed by atoms with E-state index >= 15 is 0 Å². The summed E-state index contributed by atoms with van der Waals surface area (Å²) in [5.74, 6) is 0.534. The number of aromatic carboxylic acids is 1. The summed E-state index contributed by atoms with van der Waals surface area (Å²) in [4.78, 5) is 10.7. The zero-order valence-corrected chi connectivity index (χ0v) is 12.2. The lowest BCUT2D eigenvalue weighted by molar-refractivity contribution is -0.255. The molecule has 118 valence electrons. The molecule has 0 fully saturated rings. The largest absolute Gasteiger partial charge is 0.545 e. The Morgan fingerprint density at radius 2 is 2.09 bits per heavy atom. The lowest BCUT2D eigenvalue weighted by Gasteiger charge is -2.06. The van der Waals surface area contributed by atoms with Crippen molar-refractivity contribution in [3.05, 3.63) is 47.5 Å². The van der Waals surface area contributed by atoms with Crippen LogP contribution in [0.2, 0.25) is 0 Å². The molecule has 7 heteroatoms. The third kappa shape index (κ3) is 3.18. The molecule has 0 atom stereocenters. The smallest absolute Gasteiger partial charge is 0.231 e. The van der Waals surface area contributed by atoms with Gasteiger partial charge in [0.15, 0.2) is 11.5 Å². The van der Waals surface area contributed by atoms with Crippen LogP contribution in [-0.4, -0.2) is 26.1 Å². The van der Waals surface area contributed by atoms with Crippen molar-refractivity contribution in [2.75, 3.05) is 19.3 Å². The zero-order chi connectivity index (χ0) is 16.2. The van der Waals surface area contributed by atoms with Crippen molar-refractivity contribution in [2.45, 2.75) is 0 Å². The topological polar surface area (TPSA) is 92.2 Å². The maximum Gasteiger partial charge on any atom is 0.231 e. The van der Waals surface area contributed by atoms with Crippen LogP contribution in [0.1, 0.15) is 15.9 Å². The second-order valence-electron chi connectivity index (χ2n) is 4.69. The van der Waals surface area contributed by atoms with E-state index in [0.717, 1.165) is 5.56 Å². The first-order valence-electron chi connectivity index (χ1n) is 6.75. The molecular formula is C16H13N2O5-. The number of carbonyl (C=O) groups is 1. The highest BCUT2D eigenvalue weighted by molar-refractivity contribution is 5.86. The molecule has 0 radical (unpaired) electrons. The van der Waals surface area contributed by atoms with Gasteiger partial charge in [-0.05, 0) is 29.8 Å². The number of carbonyl (C=O) groups excluding carboxylic acids is 1. The number of fused-ring (bicyclic) bond motifs is 1. The molecule has 1 aliphatic heterocycles. The van der Waals surface area contributed by atoms with Crippen LogP contribution in [-0.2, 0) is 0 Å². The van der Waals surface area contributed by atoms with E-state index in [1.807, 2.05) is 0 Å². The third-order valence-electron chi connectivity index (χ3n) is 3.21. The Morgan fingerprint density at radius 1 is 1.30 bits per heavy atom. The molecule has 2 aromatic rings. The lowest BCUT2D eigenvalue weighted by atomic mass is 10.2. The molecule has 0 bridgehead atoms. The maximum atomic E-state index is 10.7. The van der Waals surface area contributed by atoms with Crippen molar-refractivity contribution < 1.29 is 24.1 Å². The van der Waals surface area contributed by atoms with Crippen molar-refractivity contribution in [3.63, 3.8) is 0 Å². The average Bonchev–Trinajstić information content (AvgIpc) is 3.03. The molecule has 23 heavy (non-hydrogen) atoms. The summed E-state index contributed by atoms with van der Waals surface area (Å²) in [5, 5.41) is 14.8. The summed E-state index contributed by atoms with van der Waals surface area (Å²) < 4.78 is 15.9. The maximum absolute atomic E-state index is 10.7. The molecule has 0 spiro atoms. The Bertz CT molecular complexity index is 756. The van der Waals surface area contributed by atoms with Crippen LogP contribution in [0.15, 0.2) is 41.5 Å². The monoisotopic (exact) mass is 313 g/mol. The van der Waals surface area contributed by atoms with Gasteiger partial charge in [-0.25, -0.2) is 0 Å². The van der Waals surface area contributed by atoms with Crippen LogP contribution in [0.4, 0.5) is 5.69 Å². The predicted octanol–water partition coefficient (Wildman–Crippen LogP) is 1.23. The number of hydrogen-bond acceptors (Lipinski definition) is 7. The van der Waals surface area contributed by atoms with Crippen LogP contribution in [0.5, 0.6) is 17.2 Å². The Kier molecular flexibility index (Phi) is 4.01. The van der Waals surface area contributed by atoms with Crippen LogP contribution < -0.4 is 24.7 Å². The Labute approximate surface area is 132 Å². The molecule has 3 rings (SSSR count). The number of methoxy groups -OCH3 is 1. The van der Waals surface area contributed by atoms with Crippen molar-refractivity contribution in [1.29, 1.82) is 0 Å². The molecule has 2 aromatic carbocycles. The summed E-state index contributed by atoms with van der Waals surface area (Å²) >= 11 is 0. The molecule has 1 aliphatic rings. The standard InChI is InChI=1S/C16H14N2O5/c1-21-13-6-10(7-14-15(13)23-9-22-14)8-17-18-12-4-2-11(3-5-12)16(19)20/h2-8,18H,9H2,1H3,(H,19,20)/p-1/b17-8-. The Hall–Kier alpha value is -3.22. The fourth-order valence-corrected chi connectivity index (χ4v) is 2.09. The molecule has 1 heterocycles. The highest BCUT2D eigenvalue weighted by Gasteiger charge is 2.19. The van der Waals surface area contributed by atoms with Gasteiger partial charge < -0.3 is 24.1 Å². The minimum Gasteiger partial charge on any atom is -0.545 e. The molecule has 0 aliphatic carbocycles. The number of rotatable bonds is 5. The van der Waals surface area contributed by atoms with Crippen molar-refractivity contribution >= 4 is 17.9 Å². The van der Waals surface area contributed by atoms with Gasteiger partial charge in [0.2, 0.25) is 12.5 Å². The highest BCUT2D eigenvalue weighted by Crippen LogP contribution is 2.41. The number of benzene rings is 2. The van der Waals surface area contributed by atoms with Crippen LogP contribution in [0.25, 0.3) is 0 Å². The van der Waals surface area contributed by atoms with Gasteiger partial charge in [0.25, 0.3) is 0 Å². The van der Waals surface area contributed by atoms with E-state index in [1.165, 1.54) is 12.1 Å². The number of carboxylic acid groups (broad SMARTS) is 1. The van der Waals surface area contributed by atoms with Crippen LogP contribution in [0, 0.1) is 0 Å². The van der Waals surface area contributed by atoms with Gasteiger partial charge in [0.1, 0.15) is 0 Å². The molecule has 1 N–H and O–H groups in total. The van der Waals surface area contributed by atoms with E-state index in [0.29, 0.717) is 22.9 Å². The second kappa shape index (κ2) is 6.27. The van der Waals surface area contributed by atoms with E-state index in [1.54, 1.807) is 37.6 Å².